The third kappa shape index (κ3) is 2.59. The van der Waals surface area contributed by atoms with Crippen LogP contribution in [0.25, 0.3) is 10.6 Å². The number of anilines is 2. The molecule has 18 heavy (non-hydrogen) atoms. The molecule has 0 aromatic carbocycles. The molecule has 2 heterocycles. The fourth-order valence-corrected chi connectivity index (χ4v) is 3.21. The summed E-state index contributed by atoms with van der Waals surface area (Å²) >= 11 is 2.55. The molecule has 0 aliphatic carbocycles. The summed E-state index contributed by atoms with van der Waals surface area (Å²) in [6.07, 6.45) is -2.40. The first-order valence-corrected chi connectivity index (χ1v) is 6.81. The highest BCUT2D eigenvalue weighted by atomic mass is 32.1. The maximum absolute atomic E-state index is 12.4. The minimum absolute atomic E-state index is 0.338. The molecule has 2 N–H and O–H groups in total. The van der Waals surface area contributed by atoms with Crippen molar-refractivity contribution in [2.24, 2.45) is 0 Å². The lowest BCUT2D eigenvalue weighted by Crippen LogP contribution is -2.23. The van der Waals surface area contributed by atoms with Gasteiger partial charge in [0.05, 0.1) is 12.1 Å². The van der Waals surface area contributed by atoms with Crippen LogP contribution in [0.5, 0.6) is 0 Å². The van der Waals surface area contributed by atoms with Crippen molar-refractivity contribution >= 4 is 33.7 Å². The number of thiazole rings is 1. The Bertz CT molecular complexity index is 538. The van der Waals surface area contributed by atoms with Gasteiger partial charge >= 0.3 is 0 Å². The van der Waals surface area contributed by atoms with Gasteiger partial charge in [-0.1, -0.05) is 0 Å². The summed E-state index contributed by atoms with van der Waals surface area (Å²) in [6, 6.07) is 0. The van der Waals surface area contributed by atoms with Gasteiger partial charge in [-0.25, -0.2) is 13.8 Å². The molecule has 0 unspecified atom stereocenters. The number of nitrogens with two attached hydrogens (primary N) is 1. The normalized spacial score (nSPS) is 11.2. The highest BCUT2D eigenvalue weighted by molar-refractivity contribution is 7.15. The second-order valence-electron chi connectivity index (χ2n) is 3.81. The second kappa shape index (κ2) is 5.15. The van der Waals surface area contributed by atoms with Crippen molar-refractivity contribution in [2.45, 2.75) is 13.3 Å². The van der Waals surface area contributed by atoms with Gasteiger partial charge in [-0.05, 0) is 18.5 Å². The largest absolute Gasteiger partial charge is 0.382 e. The van der Waals surface area contributed by atoms with Crippen LogP contribution in [0.15, 0.2) is 5.38 Å². The van der Waals surface area contributed by atoms with Crippen LogP contribution < -0.4 is 10.6 Å². The van der Waals surface area contributed by atoms with Gasteiger partial charge in [-0.3, -0.25) is 0 Å². The number of rotatable bonds is 4. The molecule has 0 spiro atoms. The highest BCUT2D eigenvalue weighted by Crippen LogP contribution is 2.40. The summed E-state index contributed by atoms with van der Waals surface area (Å²) in [5, 5.41) is 3.24. The predicted molar refractivity (Wildman–Crippen MR) is 71.6 cm³/mol. The molecule has 0 amide bonds. The fourth-order valence-electron chi connectivity index (χ4n) is 1.51. The smallest absolute Gasteiger partial charge is 0.255 e. The van der Waals surface area contributed by atoms with Gasteiger partial charge < -0.3 is 10.6 Å². The predicted octanol–water partition coefficient (Wildman–Crippen LogP) is 2.86. The average molecular weight is 290 g/mol. The quantitative estimate of drug-likeness (QED) is 0.940. The standard InChI is InChI=1S/C10H12F2N4S2/c1-5-4-17-9(14-5)7-8(13)15-18-10(7)16(2)3-6(11)12/h4,6H,3H2,1-2H3,(H2,13,15). The van der Waals surface area contributed by atoms with Crippen LogP contribution in [0, 0.1) is 6.92 Å². The number of alkyl halides is 2. The number of aromatic nitrogens is 2. The molecule has 0 radical (unpaired) electrons. The Morgan fingerprint density at radius 1 is 1.50 bits per heavy atom. The molecular formula is C10H12F2N4S2. The lowest BCUT2D eigenvalue weighted by atomic mass is 10.3. The van der Waals surface area contributed by atoms with Crippen molar-refractivity contribution in [3.05, 3.63) is 11.1 Å². The molecule has 0 saturated heterocycles. The van der Waals surface area contributed by atoms with Crippen LogP contribution in [0.3, 0.4) is 0 Å². The maximum Gasteiger partial charge on any atom is 0.255 e. The molecule has 0 aliphatic heterocycles. The number of hydrogen-bond acceptors (Lipinski definition) is 6. The Hall–Kier alpha value is -1.28. The Morgan fingerprint density at radius 2 is 2.22 bits per heavy atom. The zero-order valence-corrected chi connectivity index (χ0v) is 11.5. The average Bonchev–Trinajstić information content (AvgIpc) is 2.83. The lowest BCUT2D eigenvalue weighted by Gasteiger charge is -2.17. The Balaban J connectivity index is 2.38. The number of aryl methyl sites for hydroxylation is 1. The van der Waals surface area contributed by atoms with Crippen molar-refractivity contribution in [1.29, 1.82) is 0 Å². The van der Waals surface area contributed by atoms with Crippen molar-refractivity contribution in [1.82, 2.24) is 9.36 Å². The summed E-state index contributed by atoms with van der Waals surface area (Å²) in [7, 11) is 1.60. The summed E-state index contributed by atoms with van der Waals surface area (Å²) in [5.41, 5.74) is 7.33. The van der Waals surface area contributed by atoms with E-state index in [0.29, 0.717) is 16.4 Å². The van der Waals surface area contributed by atoms with E-state index < -0.39 is 6.43 Å². The molecular weight excluding hydrogens is 278 g/mol. The van der Waals surface area contributed by atoms with Crippen LogP contribution in [0.1, 0.15) is 5.69 Å². The van der Waals surface area contributed by atoms with Gasteiger partial charge in [0.15, 0.2) is 0 Å². The van der Waals surface area contributed by atoms with Gasteiger partial charge in [0.25, 0.3) is 6.43 Å². The van der Waals surface area contributed by atoms with E-state index in [2.05, 4.69) is 9.36 Å². The van der Waals surface area contributed by atoms with Gasteiger partial charge in [-0.15, -0.1) is 11.3 Å². The van der Waals surface area contributed by atoms with Crippen molar-refractivity contribution in [2.75, 3.05) is 24.2 Å². The Kier molecular flexibility index (Phi) is 3.76. The van der Waals surface area contributed by atoms with E-state index in [4.69, 9.17) is 5.73 Å². The third-order valence-electron chi connectivity index (χ3n) is 2.29. The van der Waals surface area contributed by atoms with Crippen molar-refractivity contribution in [3.8, 4) is 10.6 Å². The Morgan fingerprint density at radius 3 is 2.78 bits per heavy atom. The molecule has 0 bridgehead atoms. The molecule has 2 rings (SSSR count). The first-order valence-electron chi connectivity index (χ1n) is 5.16. The topological polar surface area (TPSA) is 55.0 Å². The van der Waals surface area contributed by atoms with E-state index in [1.165, 1.54) is 16.2 Å². The van der Waals surface area contributed by atoms with Crippen LogP contribution in [0.4, 0.5) is 19.6 Å². The molecule has 2 aromatic rings. The van der Waals surface area contributed by atoms with E-state index in [9.17, 15) is 8.78 Å². The first-order chi connectivity index (χ1) is 8.49. The van der Waals surface area contributed by atoms with E-state index >= 15 is 0 Å². The summed E-state index contributed by atoms with van der Waals surface area (Å²) in [5.74, 6) is 0.338. The Labute approximate surface area is 111 Å². The first kappa shape index (κ1) is 13.2. The summed E-state index contributed by atoms with van der Waals surface area (Å²) in [6.45, 7) is 1.53. The number of halogens is 2. The molecule has 0 atom stereocenters. The number of hydrogen-bond donors (Lipinski definition) is 1. The van der Waals surface area contributed by atoms with Gasteiger partial charge in [0, 0.05) is 18.1 Å². The van der Waals surface area contributed by atoms with Gasteiger partial charge in [0.2, 0.25) is 0 Å². The van der Waals surface area contributed by atoms with Crippen LogP contribution in [0.2, 0.25) is 0 Å². The van der Waals surface area contributed by atoms with Crippen molar-refractivity contribution < 1.29 is 8.78 Å². The molecule has 98 valence electrons. The molecule has 0 fully saturated rings. The van der Waals surface area contributed by atoms with Crippen molar-refractivity contribution in [3.63, 3.8) is 0 Å². The van der Waals surface area contributed by atoms with E-state index in [1.54, 1.807) is 7.05 Å². The highest BCUT2D eigenvalue weighted by Gasteiger charge is 2.21. The molecule has 2 aromatic heterocycles. The molecule has 0 saturated carbocycles. The van der Waals surface area contributed by atoms with E-state index in [0.717, 1.165) is 22.2 Å². The minimum Gasteiger partial charge on any atom is -0.382 e. The lowest BCUT2D eigenvalue weighted by molar-refractivity contribution is 0.156. The molecule has 8 heteroatoms. The molecule has 0 aliphatic rings. The van der Waals surface area contributed by atoms with Gasteiger partial charge in [0.1, 0.15) is 15.8 Å². The fraction of sp³-hybridized carbons (Fsp3) is 0.400. The number of nitrogens with zero attached hydrogens (tertiary/aromatic N) is 3. The van der Waals surface area contributed by atoms with Crippen LogP contribution >= 0.6 is 22.9 Å². The minimum atomic E-state index is -2.40. The van der Waals surface area contributed by atoms with Crippen LogP contribution in [-0.4, -0.2) is 29.4 Å². The van der Waals surface area contributed by atoms with Gasteiger partial charge in [-0.2, -0.15) is 4.37 Å². The summed E-state index contributed by atoms with van der Waals surface area (Å²) < 4.78 is 28.9. The van der Waals surface area contributed by atoms with Crippen LogP contribution in [-0.2, 0) is 0 Å². The second-order valence-corrected chi connectivity index (χ2v) is 5.42. The zero-order chi connectivity index (χ0) is 13.3. The van der Waals surface area contributed by atoms with E-state index in [1.807, 2.05) is 12.3 Å². The third-order valence-corrected chi connectivity index (χ3v) is 4.25. The summed E-state index contributed by atoms with van der Waals surface area (Å²) in [4.78, 5) is 5.79. The van der Waals surface area contributed by atoms with E-state index in [-0.39, 0.29) is 6.54 Å². The number of nitrogen functional groups attached to an aromatic ring is 1. The maximum atomic E-state index is 12.4. The zero-order valence-electron chi connectivity index (χ0n) is 9.85. The monoisotopic (exact) mass is 290 g/mol. The molecule has 4 nitrogen and oxygen atoms in total. The SMILES string of the molecule is Cc1csc(-c2c(N)nsc2N(C)CC(F)F)n1.